The van der Waals surface area contributed by atoms with Crippen molar-refractivity contribution in [2.45, 2.75) is 25.8 Å². The van der Waals surface area contributed by atoms with Crippen molar-refractivity contribution >= 4 is 23.0 Å². The Morgan fingerprint density at radius 2 is 2.15 bits per heavy atom. The third kappa shape index (κ3) is 2.88. The molecule has 1 aromatic carbocycles. The predicted molar refractivity (Wildman–Crippen MR) is 106 cm³/mol. The van der Waals surface area contributed by atoms with Crippen molar-refractivity contribution < 1.29 is 4.74 Å². The fourth-order valence-electron chi connectivity index (χ4n) is 4.10. The fourth-order valence-corrected chi connectivity index (χ4v) is 4.10. The molecule has 5 rings (SSSR count). The lowest BCUT2D eigenvalue weighted by Crippen LogP contribution is -2.35. The number of ether oxygens (including phenoxy) is 1. The summed E-state index contributed by atoms with van der Waals surface area (Å²) in [4.78, 5) is 7.39. The van der Waals surface area contributed by atoms with Crippen molar-refractivity contribution in [1.29, 1.82) is 0 Å². The Hall–Kier alpha value is -2.80. The molecule has 3 aromatic rings. The Morgan fingerprint density at radius 3 is 2.93 bits per heavy atom. The zero-order chi connectivity index (χ0) is 18.2. The third-order valence-electron chi connectivity index (χ3n) is 5.39. The molecule has 0 aliphatic carbocycles. The van der Waals surface area contributed by atoms with E-state index >= 15 is 0 Å². The van der Waals surface area contributed by atoms with Gasteiger partial charge >= 0.3 is 0 Å². The number of nitrogens with one attached hydrogen (secondary N) is 2. The Morgan fingerprint density at radius 1 is 1.26 bits per heavy atom. The average Bonchev–Trinajstić information content (AvgIpc) is 3.43. The van der Waals surface area contributed by atoms with Gasteiger partial charge in [-0.05, 0) is 50.6 Å². The summed E-state index contributed by atoms with van der Waals surface area (Å²) < 4.78 is 7.45. The second-order valence-corrected chi connectivity index (χ2v) is 7.04. The molecule has 27 heavy (non-hydrogen) atoms. The molecule has 1 saturated heterocycles. The lowest BCUT2D eigenvalue weighted by atomic mass is 10.2. The van der Waals surface area contributed by atoms with Gasteiger partial charge in [-0.1, -0.05) is 0 Å². The first-order chi connectivity index (χ1) is 13.3. The van der Waals surface area contributed by atoms with Crippen LogP contribution in [-0.4, -0.2) is 46.9 Å². The van der Waals surface area contributed by atoms with Crippen LogP contribution in [0.5, 0.6) is 5.75 Å². The highest BCUT2D eigenvalue weighted by Crippen LogP contribution is 2.36. The van der Waals surface area contributed by atoms with Gasteiger partial charge in [0.05, 0.1) is 12.8 Å². The molecule has 2 aromatic heterocycles. The van der Waals surface area contributed by atoms with Crippen LogP contribution in [0.1, 0.15) is 18.9 Å². The maximum atomic E-state index is 5.55. The number of hydrogen-bond acceptors (Lipinski definition) is 6. The normalized spacial score (nSPS) is 18.9. The SMILES string of the molecule is CCOc1ccc(Nc2c3c(nc4ccnn24)N(C2CCNC2)CC3)cc1. The summed E-state index contributed by atoms with van der Waals surface area (Å²) in [5.41, 5.74) is 3.14. The van der Waals surface area contributed by atoms with Gasteiger partial charge < -0.3 is 20.3 Å². The van der Waals surface area contributed by atoms with Gasteiger partial charge in [-0.15, -0.1) is 0 Å². The van der Waals surface area contributed by atoms with Crippen molar-refractivity contribution in [3.05, 3.63) is 42.1 Å². The molecule has 2 aliphatic rings. The second-order valence-electron chi connectivity index (χ2n) is 7.04. The molecule has 0 saturated carbocycles. The number of nitrogens with zero attached hydrogens (tertiary/aromatic N) is 4. The zero-order valence-corrected chi connectivity index (χ0v) is 15.5. The minimum absolute atomic E-state index is 0.530. The van der Waals surface area contributed by atoms with Crippen molar-refractivity contribution in [3.63, 3.8) is 0 Å². The molecular formula is C20H24N6O. The highest BCUT2D eigenvalue weighted by molar-refractivity contribution is 5.72. The summed E-state index contributed by atoms with van der Waals surface area (Å²) in [7, 11) is 0. The first-order valence-electron chi connectivity index (χ1n) is 9.67. The Labute approximate surface area is 158 Å². The van der Waals surface area contributed by atoms with Crippen molar-refractivity contribution in [2.75, 3.05) is 36.5 Å². The van der Waals surface area contributed by atoms with E-state index < -0.39 is 0 Å². The summed E-state index contributed by atoms with van der Waals surface area (Å²) >= 11 is 0. The maximum Gasteiger partial charge on any atom is 0.159 e. The molecule has 1 unspecified atom stereocenters. The topological polar surface area (TPSA) is 66.7 Å². The lowest BCUT2D eigenvalue weighted by molar-refractivity contribution is 0.340. The minimum atomic E-state index is 0.530. The monoisotopic (exact) mass is 364 g/mol. The second kappa shape index (κ2) is 6.74. The first kappa shape index (κ1) is 16.4. The van der Waals surface area contributed by atoms with E-state index in [9.17, 15) is 0 Å². The summed E-state index contributed by atoms with van der Waals surface area (Å²) in [5.74, 6) is 3.00. The molecule has 1 atom stereocenters. The fraction of sp³-hybridized carbons (Fsp3) is 0.400. The van der Waals surface area contributed by atoms with E-state index in [1.54, 1.807) is 0 Å². The van der Waals surface area contributed by atoms with Gasteiger partial charge in [0, 0.05) is 36.4 Å². The minimum Gasteiger partial charge on any atom is -0.494 e. The van der Waals surface area contributed by atoms with Crippen LogP contribution in [-0.2, 0) is 6.42 Å². The van der Waals surface area contributed by atoms with Crippen LogP contribution in [0.15, 0.2) is 36.5 Å². The van der Waals surface area contributed by atoms with E-state index in [-0.39, 0.29) is 0 Å². The molecule has 140 valence electrons. The van der Waals surface area contributed by atoms with E-state index in [4.69, 9.17) is 9.72 Å². The summed E-state index contributed by atoms with van der Waals surface area (Å²) in [6.45, 7) is 5.80. The van der Waals surface area contributed by atoms with Crippen LogP contribution in [0.3, 0.4) is 0 Å². The maximum absolute atomic E-state index is 5.55. The quantitative estimate of drug-likeness (QED) is 0.725. The standard InChI is InChI=1S/C20H24N6O/c1-2-27-16-5-3-14(4-6-16)23-20-17-9-12-25(15-7-10-21-13-15)19(17)24-18-8-11-22-26(18)20/h3-6,8,11,15,21,23H,2,7,9-10,12-13H2,1H3. The molecule has 0 spiro atoms. The van der Waals surface area contributed by atoms with Gasteiger partial charge in [-0.2, -0.15) is 9.61 Å². The summed E-state index contributed by atoms with van der Waals surface area (Å²) in [6.07, 6.45) is 3.96. The lowest BCUT2D eigenvalue weighted by Gasteiger charge is -2.25. The highest BCUT2D eigenvalue weighted by atomic mass is 16.5. The van der Waals surface area contributed by atoms with E-state index in [0.717, 1.165) is 54.8 Å². The molecule has 2 N–H and O–H groups in total. The van der Waals surface area contributed by atoms with Gasteiger partial charge in [0.1, 0.15) is 17.4 Å². The third-order valence-corrected chi connectivity index (χ3v) is 5.39. The average molecular weight is 364 g/mol. The molecule has 0 bridgehead atoms. The van der Waals surface area contributed by atoms with E-state index in [1.165, 1.54) is 12.0 Å². The molecule has 0 radical (unpaired) electrons. The summed E-state index contributed by atoms with van der Waals surface area (Å²) in [6, 6.07) is 10.6. The smallest absolute Gasteiger partial charge is 0.159 e. The highest BCUT2D eigenvalue weighted by Gasteiger charge is 2.32. The van der Waals surface area contributed by atoms with Crippen LogP contribution < -0.4 is 20.3 Å². The number of hydrogen-bond donors (Lipinski definition) is 2. The van der Waals surface area contributed by atoms with E-state index in [0.29, 0.717) is 12.6 Å². The van der Waals surface area contributed by atoms with Crippen molar-refractivity contribution in [1.82, 2.24) is 19.9 Å². The molecule has 0 amide bonds. The molecule has 7 heteroatoms. The van der Waals surface area contributed by atoms with Crippen molar-refractivity contribution in [3.8, 4) is 5.75 Å². The largest absolute Gasteiger partial charge is 0.494 e. The first-order valence-corrected chi connectivity index (χ1v) is 9.67. The Balaban J connectivity index is 1.52. The number of rotatable bonds is 5. The number of fused-ring (bicyclic) bond motifs is 2. The molecule has 4 heterocycles. The van der Waals surface area contributed by atoms with E-state index in [1.807, 2.05) is 48.0 Å². The van der Waals surface area contributed by atoms with Crippen molar-refractivity contribution in [2.24, 2.45) is 0 Å². The summed E-state index contributed by atoms with van der Waals surface area (Å²) in [5, 5.41) is 11.5. The van der Waals surface area contributed by atoms with Gasteiger partial charge in [-0.3, -0.25) is 0 Å². The van der Waals surface area contributed by atoms with E-state index in [2.05, 4.69) is 20.6 Å². The van der Waals surface area contributed by atoms with Crippen LogP contribution in [0, 0.1) is 0 Å². The Kier molecular flexibility index (Phi) is 4.09. The van der Waals surface area contributed by atoms with Crippen LogP contribution in [0.4, 0.5) is 17.3 Å². The van der Waals surface area contributed by atoms with Gasteiger partial charge in [0.25, 0.3) is 0 Å². The molecular weight excluding hydrogens is 340 g/mol. The number of benzene rings is 1. The predicted octanol–water partition coefficient (Wildman–Crippen LogP) is 2.60. The van der Waals surface area contributed by atoms with Gasteiger partial charge in [-0.25, -0.2) is 4.98 Å². The molecule has 7 nitrogen and oxygen atoms in total. The van der Waals surface area contributed by atoms with Gasteiger partial charge in [0.15, 0.2) is 5.65 Å². The molecule has 1 fully saturated rings. The van der Waals surface area contributed by atoms with Crippen LogP contribution in [0.2, 0.25) is 0 Å². The Bertz CT molecular complexity index is 945. The number of anilines is 3. The number of aromatic nitrogens is 3. The van der Waals surface area contributed by atoms with Gasteiger partial charge in [0.2, 0.25) is 0 Å². The zero-order valence-electron chi connectivity index (χ0n) is 15.5. The van der Waals surface area contributed by atoms with Crippen LogP contribution >= 0.6 is 0 Å². The van der Waals surface area contributed by atoms with Crippen LogP contribution in [0.25, 0.3) is 5.65 Å². The molecule has 2 aliphatic heterocycles.